The SMILES string of the molecule is CCN(Cc1ccc(C(=O)N(C)C)cc1)C(=O)CCc1ccc(OC)c(OC)c1OC. The Kier molecular flexibility index (Phi) is 8.73. The predicted molar refractivity (Wildman–Crippen MR) is 120 cm³/mol. The molecule has 2 aromatic rings. The van der Waals surface area contributed by atoms with Crippen LogP contribution in [-0.4, -0.2) is 63.6 Å². The van der Waals surface area contributed by atoms with Gasteiger partial charge in [-0.25, -0.2) is 0 Å². The van der Waals surface area contributed by atoms with E-state index in [9.17, 15) is 9.59 Å². The van der Waals surface area contributed by atoms with Gasteiger partial charge in [0.1, 0.15) is 0 Å². The second-order valence-electron chi connectivity index (χ2n) is 7.30. The average Bonchev–Trinajstić information content (AvgIpc) is 2.79. The molecule has 0 unspecified atom stereocenters. The van der Waals surface area contributed by atoms with Crippen molar-refractivity contribution in [3.05, 3.63) is 53.1 Å². The number of rotatable bonds is 10. The molecule has 0 aliphatic rings. The summed E-state index contributed by atoms with van der Waals surface area (Å²) in [4.78, 5) is 28.2. The molecule has 0 aliphatic carbocycles. The molecule has 0 saturated heterocycles. The highest BCUT2D eigenvalue weighted by molar-refractivity contribution is 5.93. The fourth-order valence-electron chi connectivity index (χ4n) is 3.37. The smallest absolute Gasteiger partial charge is 0.253 e. The zero-order valence-corrected chi connectivity index (χ0v) is 19.2. The lowest BCUT2D eigenvalue weighted by atomic mass is 10.1. The van der Waals surface area contributed by atoms with E-state index in [2.05, 4.69) is 0 Å². The van der Waals surface area contributed by atoms with Crippen LogP contribution in [0.3, 0.4) is 0 Å². The van der Waals surface area contributed by atoms with Crippen LogP contribution in [0.25, 0.3) is 0 Å². The fourth-order valence-corrected chi connectivity index (χ4v) is 3.37. The van der Waals surface area contributed by atoms with Gasteiger partial charge in [0.05, 0.1) is 21.3 Å². The van der Waals surface area contributed by atoms with E-state index in [1.165, 1.54) is 0 Å². The number of ether oxygens (including phenoxy) is 3. The van der Waals surface area contributed by atoms with E-state index in [-0.39, 0.29) is 11.8 Å². The maximum Gasteiger partial charge on any atom is 0.253 e. The van der Waals surface area contributed by atoms with E-state index in [0.717, 1.165) is 11.1 Å². The Bertz CT molecular complexity index is 894. The van der Waals surface area contributed by atoms with Crippen LogP contribution >= 0.6 is 0 Å². The van der Waals surface area contributed by atoms with E-state index < -0.39 is 0 Å². The van der Waals surface area contributed by atoms with Crippen molar-refractivity contribution >= 4 is 11.8 Å². The normalized spacial score (nSPS) is 10.4. The fraction of sp³-hybridized carbons (Fsp3) is 0.417. The van der Waals surface area contributed by atoms with Gasteiger partial charge in [0.25, 0.3) is 5.91 Å². The molecule has 7 heteroatoms. The summed E-state index contributed by atoms with van der Waals surface area (Å²) in [6.45, 7) is 3.05. The van der Waals surface area contributed by atoms with Crippen molar-refractivity contribution in [1.82, 2.24) is 9.80 Å². The molecule has 0 aromatic heterocycles. The molecule has 0 bridgehead atoms. The molecule has 31 heavy (non-hydrogen) atoms. The minimum absolute atomic E-state index is 0.0427. The number of aryl methyl sites for hydroxylation is 1. The number of carbonyl (C=O) groups is 2. The average molecular weight is 429 g/mol. The Balaban J connectivity index is 2.06. The van der Waals surface area contributed by atoms with Crippen LogP contribution in [0, 0.1) is 0 Å². The van der Waals surface area contributed by atoms with Crippen LogP contribution in [0.15, 0.2) is 36.4 Å². The summed E-state index contributed by atoms with van der Waals surface area (Å²) in [6, 6.07) is 11.1. The lowest BCUT2D eigenvalue weighted by Gasteiger charge is -2.22. The largest absolute Gasteiger partial charge is 0.493 e. The first-order valence-corrected chi connectivity index (χ1v) is 10.2. The maximum atomic E-state index is 12.9. The van der Waals surface area contributed by atoms with Crippen molar-refractivity contribution < 1.29 is 23.8 Å². The summed E-state index contributed by atoms with van der Waals surface area (Å²) >= 11 is 0. The molecule has 7 nitrogen and oxygen atoms in total. The van der Waals surface area contributed by atoms with Gasteiger partial charge in [0.15, 0.2) is 11.5 Å². The summed E-state index contributed by atoms with van der Waals surface area (Å²) < 4.78 is 16.2. The lowest BCUT2D eigenvalue weighted by molar-refractivity contribution is -0.131. The van der Waals surface area contributed by atoms with Crippen LogP contribution in [0.1, 0.15) is 34.8 Å². The monoisotopic (exact) mass is 428 g/mol. The van der Waals surface area contributed by atoms with Crippen LogP contribution < -0.4 is 14.2 Å². The predicted octanol–water partition coefficient (Wildman–Crippen LogP) is 3.40. The quantitative estimate of drug-likeness (QED) is 0.580. The number of nitrogens with zero attached hydrogens (tertiary/aromatic N) is 2. The van der Waals surface area contributed by atoms with Crippen LogP contribution in [-0.2, 0) is 17.8 Å². The van der Waals surface area contributed by atoms with Crippen LogP contribution in [0.5, 0.6) is 17.2 Å². The van der Waals surface area contributed by atoms with E-state index in [1.54, 1.807) is 57.4 Å². The van der Waals surface area contributed by atoms with Gasteiger partial charge in [-0.05, 0) is 42.7 Å². The Morgan fingerprint density at radius 3 is 2.03 bits per heavy atom. The minimum atomic E-state index is -0.0427. The first-order valence-electron chi connectivity index (χ1n) is 10.2. The third-order valence-corrected chi connectivity index (χ3v) is 5.11. The third-order valence-electron chi connectivity index (χ3n) is 5.11. The van der Waals surface area contributed by atoms with Gasteiger partial charge in [0, 0.05) is 39.2 Å². The van der Waals surface area contributed by atoms with Crippen LogP contribution in [0.2, 0.25) is 0 Å². The first-order chi connectivity index (χ1) is 14.9. The molecule has 0 radical (unpaired) electrons. The molecule has 0 atom stereocenters. The summed E-state index contributed by atoms with van der Waals surface area (Å²) in [6.07, 6.45) is 0.867. The second-order valence-corrected chi connectivity index (χ2v) is 7.30. The Morgan fingerprint density at radius 1 is 0.871 bits per heavy atom. The van der Waals surface area contributed by atoms with Crippen molar-refractivity contribution in [3.8, 4) is 17.2 Å². The number of benzene rings is 2. The molecule has 0 heterocycles. The molecule has 2 rings (SSSR count). The summed E-state index contributed by atoms with van der Waals surface area (Å²) in [7, 11) is 8.15. The van der Waals surface area contributed by atoms with Gasteiger partial charge in [-0.1, -0.05) is 18.2 Å². The van der Waals surface area contributed by atoms with Gasteiger partial charge in [-0.3, -0.25) is 9.59 Å². The lowest BCUT2D eigenvalue weighted by Crippen LogP contribution is -2.30. The Labute approximate surface area is 184 Å². The number of hydrogen-bond acceptors (Lipinski definition) is 5. The van der Waals surface area contributed by atoms with E-state index in [1.807, 2.05) is 31.2 Å². The van der Waals surface area contributed by atoms with Crippen molar-refractivity contribution in [2.45, 2.75) is 26.3 Å². The summed E-state index contributed by atoms with van der Waals surface area (Å²) in [5.74, 6) is 1.70. The zero-order valence-electron chi connectivity index (χ0n) is 19.2. The third kappa shape index (κ3) is 5.90. The van der Waals surface area contributed by atoms with Gasteiger partial charge in [0.2, 0.25) is 11.7 Å². The number of carbonyl (C=O) groups excluding carboxylic acids is 2. The molecule has 168 valence electrons. The molecule has 0 N–H and O–H groups in total. The van der Waals surface area contributed by atoms with Crippen molar-refractivity contribution in [2.75, 3.05) is 42.0 Å². The number of amides is 2. The highest BCUT2D eigenvalue weighted by Gasteiger charge is 2.18. The molecule has 0 spiro atoms. The van der Waals surface area contributed by atoms with E-state index >= 15 is 0 Å². The number of hydrogen-bond donors (Lipinski definition) is 0. The van der Waals surface area contributed by atoms with Gasteiger partial charge in [-0.2, -0.15) is 0 Å². The van der Waals surface area contributed by atoms with Crippen molar-refractivity contribution in [3.63, 3.8) is 0 Å². The molecule has 2 amide bonds. The van der Waals surface area contributed by atoms with E-state index in [4.69, 9.17) is 14.2 Å². The minimum Gasteiger partial charge on any atom is -0.493 e. The van der Waals surface area contributed by atoms with Crippen molar-refractivity contribution in [1.29, 1.82) is 0 Å². The molecular formula is C24H32N2O5. The van der Waals surface area contributed by atoms with Gasteiger partial charge < -0.3 is 24.0 Å². The van der Waals surface area contributed by atoms with Gasteiger partial charge >= 0.3 is 0 Å². The number of methoxy groups -OCH3 is 3. The highest BCUT2D eigenvalue weighted by Crippen LogP contribution is 2.40. The molecule has 0 saturated carbocycles. The van der Waals surface area contributed by atoms with Crippen LogP contribution in [0.4, 0.5) is 0 Å². The first kappa shape index (κ1) is 24.1. The molecular weight excluding hydrogens is 396 g/mol. The molecule has 0 fully saturated rings. The maximum absolute atomic E-state index is 12.9. The molecule has 2 aromatic carbocycles. The highest BCUT2D eigenvalue weighted by atomic mass is 16.5. The summed E-state index contributed by atoms with van der Waals surface area (Å²) in [5, 5.41) is 0. The second kappa shape index (κ2) is 11.2. The topological polar surface area (TPSA) is 68.3 Å². The standard InChI is InChI=1S/C24H32N2O5/c1-7-26(16-17-8-10-19(11-9-17)24(28)25(2)3)21(27)15-13-18-12-14-20(29-4)23(31-6)22(18)30-5/h8-12,14H,7,13,15-16H2,1-6H3. The summed E-state index contributed by atoms with van der Waals surface area (Å²) in [5.41, 5.74) is 2.49. The Hall–Kier alpha value is -3.22. The zero-order chi connectivity index (χ0) is 23.0. The van der Waals surface area contributed by atoms with Crippen molar-refractivity contribution in [2.24, 2.45) is 0 Å². The Morgan fingerprint density at radius 2 is 1.52 bits per heavy atom. The van der Waals surface area contributed by atoms with E-state index in [0.29, 0.717) is 48.7 Å². The molecule has 0 aliphatic heterocycles. The van der Waals surface area contributed by atoms with Gasteiger partial charge in [-0.15, -0.1) is 0 Å².